The molecule has 0 radical (unpaired) electrons. The van der Waals surface area contributed by atoms with Gasteiger partial charge in [0.25, 0.3) is 0 Å². The molecule has 0 aliphatic heterocycles. The molecule has 29 heavy (non-hydrogen) atoms. The maximum Gasteiger partial charge on any atom is 0.158 e. The standard InChI is InChI=1S/C23H16N4O2/c24-12-14-1-3-15(4-2-14)23-22(19-9-10-25-13-21(19)29-23)26-17-6-7-18-16(11-17)5-8-20(18)27-28/h1-4,6-7,9-11,13,20,26H,5,8H2. The van der Waals surface area contributed by atoms with Crippen LogP contribution in [0.15, 0.2) is 70.5 Å². The Hall–Kier alpha value is -3.98. The lowest BCUT2D eigenvalue weighted by Crippen LogP contribution is -1.94. The van der Waals surface area contributed by atoms with Crippen molar-refractivity contribution in [3.05, 3.63) is 82.5 Å². The summed E-state index contributed by atoms with van der Waals surface area (Å²) < 4.78 is 6.09. The number of nitroso groups, excluding NO2 is 1. The average Bonchev–Trinajstić information content (AvgIpc) is 3.35. The molecule has 1 atom stereocenters. The largest absolute Gasteiger partial charge is 0.452 e. The Morgan fingerprint density at radius 3 is 2.83 bits per heavy atom. The van der Waals surface area contributed by atoms with Crippen molar-refractivity contribution in [3.8, 4) is 17.4 Å². The van der Waals surface area contributed by atoms with Gasteiger partial charge in [-0.05, 0) is 66.4 Å². The molecular weight excluding hydrogens is 364 g/mol. The lowest BCUT2D eigenvalue weighted by atomic mass is 10.1. The number of nitriles is 1. The van der Waals surface area contributed by atoms with Gasteiger partial charge in [0.15, 0.2) is 11.3 Å². The highest BCUT2D eigenvalue weighted by Crippen LogP contribution is 2.41. The second-order valence-electron chi connectivity index (χ2n) is 7.07. The van der Waals surface area contributed by atoms with Gasteiger partial charge < -0.3 is 9.73 Å². The molecule has 2 aromatic carbocycles. The summed E-state index contributed by atoms with van der Waals surface area (Å²) in [6.07, 6.45) is 5.03. The summed E-state index contributed by atoms with van der Waals surface area (Å²) in [6.45, 7) is 0. The molecule has 4 aromatic rings. The second kappa shape index (κ2) is 6.88. The molecule has 5 rings (SSSR count). The number of nitrogens with zero attached hydrogens (tertiary/aromatic N) is 3. The lowest BCUT2D eigenvalue weighted by molar-refractivity contribution is 0.631. The molecule has 6 heteroatoms. The van der Waals surface area contributed by atoms with E-state index in [0.29, 0.717) is 16.9 Å². The number of anilines is 2. The molecule has 0 amide bonds. The van der Waals surface area contributed by atoms with Gasteiger partial charge >= 0.3 is 0 Å². The normalized spacial score (nSPS) is 15.1. The SMILES string of the molecule is N#Cc1ccc(-c2oc3cnccc3c2Nc2ccc3c(c2)CCC3N=O)cc1. The van der Waals surface area contributed by atoms with E-state index in [1.807, 2.05) is 30.3 Å². The average molecular weight is 380 g/mol. The van der Waals surface area contributed by atoms with Gasteiger partial charge in [0, 0.05) is 22.8 Å². The van der Waals surface area contributed by atoms with Gasteiger partial charge in [-0.25, -0.2) is 0 Å². The first kappa shape index (κ1) is 17.1. The van der Waals surface area contributed by atoms with Crippen molar-refractivity contribution in [3.63, 3.8) is 0 Å². The van der Waals surface area contributed by atoms with Crippen LogP contribution in [-0.2, 0) is 6.42 Å². The molecule has 0 fully saturated rings. The number of pyridine rings is 1. The van der Waals surface area contributed by atoms with Crippen molar-refractivity contribution in [2.75, 3.05) is 5.32 Å². The van der Waals surface area contributed by atoms with E-state index in [1.165, 1.54) is 0 Å². The van der Waals surface area contributed by atoms with Gasteiger partial charge in [0.05, 0.1) is 23.5 Å². The third-order valence-corrected chi connectivity index (χ3v) is 5.35. The third kappa shape index (κ3) is 2.93. The van der Waals surface area contributed by atoms with Crippen LogP contribution in [0.5, 0.6) is 0 Å². The molecule has 2 aromatic heterocycles. The van der Waals surface area contributed by atoms with E-state index >= 15 is 0 Å². The molecule has 6 nitrogen and oxygen atoms in total. The van der Waals surface area contributed by atoms with Gasteiger partial charge in [0.2, 0.25) is 0 Å². The number of rotatable bonds is 4. The zero-order chi connectivity index (χ0) is 19.8. The Bertz CT molecular complexity index is 1270. The highest BCUT2D eigenvalue weighted by Gasteiger charge is 2.24. The number of nitrogens with one attached hydrogen (secondary N) is 1. The van der Waals surface area contributed by atoms with Crippen molar-refractivity contribution in [2.24, 2.45) is 5.18 Å². The highest BCUT2D eigenvalue weighted by atomic mass is 16.3. The minimum absolute atomic E-state index is 0.242. The predicted octanol–water partition coefficient (Wildman–Crippen LogP) is 5.86. The zero-order valence-electron chi connectivity index (χ0n) is 15.4. The highest BCUT2D eigenvalue weighted by molar-refractivity contribution is 6.00. The van der Waals surface area contributed by atoms with Crippen LogP contribution in [-0.4, -0.2) is 4.98 Å². The fourth-order valence-corrected chi connectivity index (χ4v) is 3.90. The molecule has 0 saturated carbocycles. The Morgan fingerprint density at radius 1 is 1.17 bits per heavy atom. The minimum Gasteiger partial charge on any atom is -0.452 e. The molecule has 0 spiro atoms. The van der Waals surface area contributed by atoms with Gasteiger partial charge in [-0.2, -0.15) is 10.2 Å². The van der Waals surface area contributed by atoms with Crippen LogP contribution in [0.4, 0.5) is 11.4 Å². The summed E-state index contributed by atoms with van der Waals surface area (Å²) in [4.78, 5) is 15.2. The van der Waals surface area contributed by atoms with E-state index in [0.717, 1.165) is 46.3 Å². The van der Waals surface area contributed by atoms with Gasteiger partial charge in [-0.3, -0.25) is 4.98 Å². The van der Waals surface area contributed by atoms with Crippen molar-refractivity contribution in [1.82, 2.24) is 4.98 Å². The number of fused-ring (bicyclic) bond motifs is 2. The quantitative estimate of drug-likeness (QED) is 0.447. The lowest BCUT2D eigenvalue weighted by Gasteiger charge is -2.10. The molecule has 1 N–H and O–H groups in total. The Kier molecular flexibility index (Phi) is 4.07. The van der Waals surface area contributed by atoms with Crippen LogP contribution in [0.25, 0.3) is 22.3 Å². The van der Waals surface area contributed by atoms with Gasteiger partial charge in [-0.15, -0.1) is 0 Å². The molecule has 2 heterocycles. The summed E-state index contributed by atoms with van der Waals surface area (Å²) in [5, 5.41) is 16.7. The number of hydrogen-bond acceptors (Lipinski definition) is 6. The zero-order valence-corrected chi connectivity index (χ0v) is 15.4. The number of furan rings is 1. The van der Waals surface area contributed by atoms with Crippen molar-refractivity contribution < 1.29 is 4.42 Å². The summed E-state index contributed by atoms with van der Waals surface area (Å²) in [6, 6.07) is 17.1. The van der Waals surface area contributed by atoms with Crippen LogP contribution in [0.2, 0.25) is 0 Å². The third-order valence-electron chi connectivity index (χ3n) is 5.35. The van der Waals surface area contributed by atoms with Crippen molar-refractivity contribution in [1.29, 1.82) is 5.26 Å². The number of aryl methyl sites for hydroxylation is 1. The van der Waals surface area contributed by atoms with Gasteiger partial charge in [0.1, 0.15) is 6.04 Å². The Labute approximate surface area is 166 Å². The van der Waals surface area contributed by atoms with E-state index in [2.05, 4.69) is 27.6 Å². The van der Waals surface area contributed by atoms with Crippen molar-refractivity contribution >= 4 is 22.3 Å². The fraction of sp³-hybridized carbons (Fsp3) is 0.130. The summed E-state index contributed by atoms with van der Waals surface area (Å²) >= 11 is 0. The monoisotopic (exact) mass is 380 g/mol. The van der Waals surface area contributed by atoms with Crippen LogP contribution in [0.1, 0.15) is 29.2 Å². The van der Waals surface area contributed by atoms with Crippen molar-refractivity contribution in [2.45, 2.75) is 18.9 Å². The first-order valence-corrected chi connectivity index (χ1v) is 9.36. The van der Waals surface area contributed by atoms with E-state index in [1.54, 1.807) is 24.5 Å². The Morgan fingerprint density at radius 2 is 2.03 bits per heavy atom. The van der Waals surface area contributed by atoms with Crippen LogP contribution < -0.4 is 5.32 Å². The minimum atomic E-state index is -0.242. The van der Waals surface area contributed by atoms with Crippen LogP contribution in [0.3, 0.4) is 0 Å². The maximum absolute atomic E-state index is 11.0. The van der Waals surface area contributed by atoms with E-state index in [9.17, 15) is 4.91 Å². The first-order chi connectivity index (χ1) is 14.3. The molecule has 1 aliphatic rings. The number of aromatic nitrogens is 1. The summed E-state index contributed by atoms with van der Waals surface area (Å²) in [5.74, 6) is 0.686. The fourth-order valence-electron chi connectivity index (χ4n) is 3.90. The van der Waals surface area contributed by atoms with E-state index in [-0.39, 0.29) is 6.04 Å². The predicted molar refractivity (Wildman–Crippen MR) is 111 cm³/mol. The molecule has 140 valence electrons. The molecule has 1 unspecified atom stereocenters. The summed E-state index contributed by atoms with van der Waals surface area (Å²) in [7, 11) is 0. The number of hydrogen-bond donors (Lipinski definition) is 1. The van der Waals surface area contributed by atoms with Crippen LogP contribution in [0, 0.1) is 16.2 Å². The Balaban J connectivity index is 1.59. The first-order valence-electron chi connectivity index (χ1n) is 9.36. The molecule has 1 aliphatic carbocycles. The van der Waals surface area contributed by atoms with Gasteiger partial charge in [-0.1, -0.05) is 11.2 Å². The molecule has 0 saturated heterocycles. The van der Waals surface area contributed by atoms with E-state index < -0.39 is 0 Å². The van der Waals surface area contributed by atoms with Crippen LogP contribution >= 0.6 is 0 Å². The maximum atomic E-state index is 11.0. The summed E-state index contributed by atoms with van der Waals surface area (Å²) in [5.41, 5.74) is 6.07. The second-order valence-corrected chi connectivity index (χ2v) is 7.07. The molecule has 0 bridgehead atoms. The topological polar surface area (TPSA) is 91.3 Å². The van der Waals surface area contributed by atoms with E-state index in [4.69, 9.17) is 9.68 Å². The number of benzene rings is 2. The smallest absolute Gasteiger partial charge is 0.158 e. The molecular formula is C23H16N4O2.